The molecule has 1 aliphatic rings. The second-order valence-corrected chi connectivity index (χ2v) is 6.99. The number of benzene rings is 1. The van der Waals surface area contributed by atoms with Crippen LogP contribution in [0.4, 0.5) is 22.1 Å². The average molecular weight is 388 g/mol. The van der Waals surface area contributed by atoms with Crippen molar-refractivity contribution in [1.82, 2.24) is 19.9 Å². The van der Waals surface area contributed by atoms with Crippen LogP contribution in [0, 0.1) is 0 Å². The number of fused-ring (bicyclic) bond motifs is 1. The van der Waals surface area contributed by atoms with Crippen molar-refractivity contribution in [3.8, 4) is 0 Å². The van der Waals surface area contributed by atoms with Gasteiger partial charge in [0.25, 0.3) is 0 Å². The number of aromatic nitrogens is 4. The molecule has 0 bridgehead atoms. The summed E-state index contributed by atoms with van der Waals surface area (Å²) in [6.07, 6.45) is 0.992. The van der Waals surface area contributed by atoms with Gasteiger partial charge in [-0.15, -0.1) is 0 Å². The van der Waals surface area contributed by atoms with Crippen molar-refractivity contribution in [2.24, 2.45) is 0 Å². The number of nitrogens with one attached hydrogen (secondary N) is 1. The largest absolute Gasteiger partial charge is 0.368 e. The van der Waals surface area contributed by atoms with Crippen LogP contribution >= 0.6 is 11.6 Å². The summed E-state index contributed by atoms with van der Waals surface area (Å²) in [7, 11) is 0. The summed E-state index contributed by atoms with van der Waals surface area (Å²) in [4.78, 5) is 18.7. The van der Waals surface area contributed by atoms with E-state index in [1.165, 1.54) is 6.33 Å². The zero-order chi connectivity index (χ0) is 19.0. The number of alkyl halides is 1. The van der Waals surface area contributed by atoms with Gasteiger partial charge in [0.2, 0.25) is 11.9 Å². The highest BCUT2D eigenvalue weighted by Crippen LogP contribution is 2.34. The van der Waals surface area contributed by atoms with Crippen LogP contribution in [-0.4, -0.2) is 39.2 Å². The molecule has 7 nitrogen and oxygen atoms in total. The van der Waals surface area contributed by atoms with E-state index in [9.17, 15) is 4.39 Å². The molecular weight excluding hydrogens is 369 g/mol. The molecule has 0 unspecified atom stereocenters. The molecule has 27 heavy (non-hydrogen) atoms. The van der Waals surface area contributed by atoms with E-state index in [-0.39, 0.29) is 12.0 Å². The number of hydrogen-bond acceptors (Lipinski definition) is 7. The van der Waals surface area contributed by atoms with Crippen molar-refractivity contribution in [3.05, 3.63) is 41.2 Å². The molecule has 2 aromatic heterocycles. The minimum Gasteiger partial charge on any atom is -0.368 e. The van der Waals surface area contributed by atoms with Crippen molar-refractivity contribution < 1.29 is 4.39 Å². The predicted octanol–water partition coefficient (Wildman–Crippen LogP) is 3.38. The normalized spacial score (nSPS) is 18.0. The second kappa shape index (κ2) is 7.11. The number of anilines is 3. The Morgan fingerprint density at radius 1 is 1.33 bits per heavy atom. The highest BCUT2D eigenvalue weighted by molar-refractivity contribution is 6.35. The molecule has 0 radical (unpaired) electrons. The zero-order valence-electron chi connectivity index (χ0n) is 14.7. The predicted molar refractivity (Wildman–Crippen MR) is 105 cm³/mol. The Morgan fingerprint density at radius 3 is 2.93 bits per heavy atom. The molecule has 0 amide bonds. The van der Waals surface area contributed by atoms with Gasteiger partial charge in [0.1, 0.15) is 18.3 Å². The fourth-order valence-corrected chi connectivity index (χ4v) is 3.52. The molecule has 1 fully saturated rings. The van der Waals surface area contributed by atoms with Crippen LogP contribution in [0.25, 0.3) is 10.9 Å². The third kappa shape index (κ3) is 3.57. The highest BCUT2D eigenvalue weighted by atomic mass is 35.5. The van der Waals surface area contributed by atoms with E-state index in [4.69, 9.17) is 22.3 Å². The van der Waals surface area contributed by atoms with Crippen molar-refractivity contribution in [2.45, 2.75) is 25.6 Å². The van der Waals surface area contributed by atoms with Crippen molar-refractivity contribution in [2.75, 3.05) is 29.0 Å². The SMILES string of the molecule is C[C@H](Nc1ncnc(N)n1)c1cc2cccc(Cl)c2nc1N1CC[C@H](F)C1. The van der Waals surface area contributed by atoms with Gasteiger partial charge in [0.15, 0.2) is 0 Å². The molecule has 4 rings (SSSR count). The maximum Gasteiger partial charge on any atom is 0.227 e. The van der Waals surface area contributed by atoms with E-state index in [1.807, 2.05) is 30.0 Å². The molecule has 0 aliphatic carbocycles. The standard InChI is InChI=1S/C18H19ClFN7/c1-10(24-18-23-9-22-17(21)26-18)13-7-11-3-2-4-14(19)15(11)25-16(13)27-6-5-12(20)8-27/h2-4,7,9-10,12H,5-6,8H2,1H3,(H3,21,22,23,24,26)/t10-,12-/m0/s1. The van der Waals surface area contributed by atoms with E-state index < -0.39 is 6.17 Å². The summed E-state index contributed by atoms with van der Waals surface area (Å²) >= 11 is 6.33. The molecule has 0 spiro atoms. The Morgan fingerprint density at radius 2 is 2.19 bits per heavy atom. The first-order valence-electron chi connectivity index (χ1n) is 8.70. The van der Waals surface area contributed by atoms with E-state index in [0.29, 0.717) is 36.0 Å². The molecule has 2 atom stereocenters. The Labute approximate surface area is 160 Å². The van der Waals surface area contributed by atoms with Gasteiger partial charge < -0.3 is 16.0 Å². The molecule has 140 valence electrons. The lowest BCUT2D eigenvalue weighted by molar-refractivity contribution is 0.364. The molecule has 0 saturated carbocycles. The summed E-state index contributed by atoms with van der Waals surface area (Å²) in [6.45, 7) is 2.91. The number of para-hydroxylation sites is 1. The number of pyridine rings is 1. The lowest BCUT2D eigenvalue weighted by Crippen LogP contribution is -2.24. The first-order chi connectivity index (χ1) is 13.0. The van der Waals surface area contributed by atoms with Gasteiger partial charge in [0.05, 0.1) is 23.1 Å². The topological polar surface area (TPSA) is 92.8 Å². The van der Waals surface area contributed by atoms with E-state index in [1.54, 1.807) is 6.07 Å². The van der Waals surface area contributed by atoms with Gasteiger partial charge in [-0.05, 0) is 25.5 Å². The van der Waals surface area contributed by atoms with Crippen LogP contribution < -0.4 is 16.0 Å². The fraction of sp³-hybridized carbons (Fsp3) is 0.333. The molecule has 9 heteroatoms. The summed E-state index contributed by atoms with van der Waals surface area (Å²) < 4.78 is 13.8. The minimum absolute atomic E-state index is 0.142. The first-order valence-corrected chi connectivity index (χ1v) is 9.08. The smallest absolute Gasteiger partial charge is 0.227 e. The monoisotopic (exact) mass is 387 g/mol. The Hall–Kier alpha value is -2.74. The van der Waals surface area contributed by atoms with Crippen LogP contribution in [0.5, 0.6) is 0 Å². The molecule has 1 aliphatic heterocycles. The van der Waals surface area contributed by atoms with Crippen LogP contribution in [0.3, 0.4) is 0 Å². The van der Waals surface area contributed by atoms with Crippen molar-refractivity contribution >= 4 is 40.2 Å². The molecule has 3 aromatic rings. The third-order valence-electron chi connectivity index (χ3n) is 4.64. The summed E-state index contributed by atoms with van der Waals surface area (Å²) in [5.74, 6) is 1.23. The minimum atomic E-state index is -0.854. The van der Waals surface area contributed by atoms with Crippen molar-refractivity contribution in [1.29, 1.82) is 0 Å². The van der Waals surface area contributed by atoms with Crippen LogP contribution in [0.1, 0.15) is 24.9 Å². The zero-order valence-corrected chi connectivity index (χ0v) is 15.5. The van der Waals surface area contributed by atoms with E-state index in [0.717, 1.165) is 16.8 Å². The fourth-order valence-electron chi connectivity index (χ4n) is 3.30. The quantitative estimate of drug-likeness (QED) is 0.708. The molecular formula is C18H19ClFN7. The maximum absolute atomic E-state index is 13.8. The molecule has 1 saturated heterocycles. The third-order valence-corrected chi connectivity index (χ3v) is 4.94. The van der Waals surface area contributed by atoms with Gasteiger partial charge >= 0.3 is 0 Å². The van der Waals surface area contributed by atoms with Crippen LogP contribution in [0.2, 0.25) is 5.02 Å². The molecule has 3 heterocycles. The number of nitrogen functional groups attached to an aromatic ring is 1. The number of nitrogens with zero attached hydrogens (tertiary/aromatic N) is 5. The number of halogens is 2. The number of hydrogen-bond donors (Lipinski definition) is 2. The number of nitrogens with two attached hydrogens (primary N) is 1. The second-order valence-electron chi connectivity index (χ2n) is 6.58. The Bertz CT molecular complexity index is 983. The van der Waals surface area contributed by atoms with Gasteiger partial charge in [-0.25, -0.2) is 19.3 Å². The molecule has 3 N–H and O–H groups in total. The van der Waals surface area contributed by atoms with Gasteiger partial charge in [-0.3, -0.25) is 0 Å². The van der Waals surface area contributed by atoms with Crippen molar-refractivity contribution in [3.63, 3.8) is 0 Å². The summed E-state index contributed by atoms with van der Waals surface area (Å²) in [6, 6.07) is 7.48. The average Bonchev–Trinajstić information content (AvgIpc) is 3.07. The van der Waals surface area contributed by atoms with Crippen LogP contribution in [-0.2, 0) is 0 Å². The van der Waals surface area contributed by atoms with E-state index in [2.05, 4.69) is 20.3 Å². The first kappa shape index (κ1) is 17.7. The maximum atomic E-state index is 13.8. The van der Waals surface area contributed by atoms with Gasteiger partial charge in [0, 0.05) is 17.5 Å². The van der Waals surface area contributed by atoms with E-state index >= 15 is 0 Å². The van der Waals surface area contributed by atoms with Gasteiger partial charge in [-0.1, -0.05) is 23.7 Å². The molecule has 1 aromatic carbocycles. The highest BCUT2D eigenvalue weighted by Gasteiger charge is 2.27. The van der Waals surface area contributed by atoms with Crippen LogP contribution in [0.15, 0.2) is 30.6 Å². The lowest BCUT2D eigenvalue weighted by atomic mass is 10.1. The Kier molecular flexibility index (Phi) is 4.65. The number of rotatable bonds is 4. The Balaban J connectivity index is 1.77. The van der Waals surface area contributed by atoms with Gasteiger partial charge in [-0.2, -0.15) is 4.98 Å². The lowest BCUT2D eigenvalue weighted by Gasteiger charge is -2.24. The summed E-state index contributed by atoms with van der Waals surface area (Å²) in [5.41, 5.74) is 7.25. The summed E-state index contributed by atoms with van der Waals surface area (Å²) in [5, 5.41) is 4.71.